The van der Waals surface area contributed by atoms with E-state index in [1.807, 2.05) is 14.1 Å². The van der Waals surface area contributed by atoms with Crippen molar-refractivity contribution in [1.29, 1.82) is 0 Å². The molecule has 0 radical (unpaired) electrons. The maximum absolute atomic E-state index is 3.23. The maximum atomic E-state index is 3.23. The van der Waals surface area contributed by atoms with Gasteiger partial charge in [-0.25, -0.2) is 4.31 Å². The first-order valence-corrected chi connectivity index (χ1v) is 4.12. The van der Waals surface area contributed by atoms with Crippen LogP contribution in [-0.2, 0) is 0 Å². The van der Waals surface area contributed by atoms with E-state index in [1.54, 1.807) is 12.1 Å². The Morgan fingerprint density at radius 1 is 1.44 bits per heavy atom. The van der Waals surface area contributed by atoms with Crippen LogP contribution in [-0.4, -0.2) is 24.9 Å². The van der Waals surface area contributed by atoms with Gasteiger partial charge >= 0.3 is 0 Å². The van der Waals surface area contributed by atoms with Gasteiger partial charge in [-0.1, -0.05) is 13.3 Å². The van der Waals surface area contributed by atoms with Crippen LogP contribution in [0.2, 0.25) is 0 Å². The van der Waals surface area contributed by atoms with Crippen LogP contribution in [0.1, 0.15) is 19.8 Å². The Morgan fingerprint density at radius 2 is 2.11 bits per heavy atom. The minimum atomic E-state index is 1.11. The van der Waals surface area contributed by atoms with E-state index in [0.717, 1.165) is 6.54 Å². The molecule has 0 aromatic carbocycles. The van der Waals surface area contributed by atoms with Gasteiger partial charge in [0.25, 0.3) is 0 Å². The van der Waals surface area contributed by atoms with Gasteiger partial charge in [0.15, 0.2) is 0 Å². The molecular weight excluding hydrogens is 132 g/mol. The standard InChI is InChI=1S/C6H16N2S/c1-4-5-6-7-9-8(2)3/h7H,4-6H2,1-3H3. The molecule has 2 nitrogen and oxygen atoms in total. The van der Waals surface area contributed by atoms with Crippen LogP contribution < -0.4 is 4.72 Å². The van der Waals surface area contributed by atoms with Crippen LogP contribution in [0.15, 0.2) is 0 Å². The second kappa shape index (κ2) is 6.39. The number of hydrogen-bond acceptors (Lipinski definition) is 3. The van der Waals surface area contributed by atoms with Gasteiger partial charge in [0.1, 0.15) is 0 Å². The largest absolute Gasteiger partial charge is 0.251 e. The first-order valence-electron chi connectivity index (χ1n) is 3.34. The molecule has 0 atom stereocenters. The van der Waals surface area contributed by atoms with E-state index in [9.17, 15) is 0 Å². The third kappa shape index (κ3) is 8.27. The van der Waals surface area contributed by atoms with Crippen LogP contribution in [0.5, 0.6) is 0 Å². The highest BCUT2D eigenvalue weighted by Crippen LogP contribution is 1.95. The van der Waals surface area contributed by atoms with E-state index in [0.29, 0.717) is 0 Å². The molecule has 3 heteroatoms. The van der Waals surface area contributed by atoms with Crippen molar-refractivity contribution in [2.45, 2.75) is 19.8 Å². The van der Waals surface area contributed by atoms with Gasteiger partial charge in [0, 0.05) is 18.7 Å². The van der Waals surface area contributed by atoms with E-state index in [2.05, 4.69) is 16.0 Å². The van der Waals surface area contributed by atoms with E-state index < -0.39 is 0 Å². The highest BCUT2D eigenvalue weighted by atomic mass is 32.2. The normalized spacial score (nSPS) is 10.7. The third-order valence-electron chi connectivity index (χ3n) is 0.880. The fraction of sp³-hybridized carbons (Fsp3) is 1.00. The number of rotatable bonds is 5. The van der Waals surface area contributed by atoms with Crippen molar-refractivity contribution in [3.05, 3.63) is 0 Å². The van der Waals surface area contributed by atoms with Crippen molar-refractivity contribution in [3.63, 3.8) is 0 Å². The predicted octanol–water partition coefficient (Wildman–Crippen LogP) is 1.50. The Hall–Kier alpha value is 0.270. The number of nitrogens with one attached hydrogen (secondary N) is 1. The van der Waals surface area contributed by atoms with Gasteiger partial charge in [-0.2, -0.15) is 0 Å². The molecule has 9 heavy (non-hydrogen) atoms. The van der Waals surface area contributed by atoms with Crippen molar-refractivity contribution in [2.24, 2.45) is 0 Å². The molecule has 0 heterocycles. The molecule has 0 aliphatic rings. The number of unbranched alkanes of at least 4 members (excludes halogenated alkanes) is 1. The fourth-order valence-corrected chi connectivity index (χ4v) is 0.918. The van der Waals surface area contributed by atoms with Gasteiger partial charge in [-0.3, -0.25) is 4.72 Å². The lowest BCUT2D eigenvalue weighted by Crippen LogP contribution is -2.13. The zero-order valence-electron chi connectivity index (χ0n) is 6.48. The second-order valence-electron chi connectivity index (χ2n) is 2.15. The van der Waals surface area contributed by atoms with Crippen LogP contribution in [0.3, 0.4) is 0 Å². The highest BCUT2D eigenvalue weighted by Gasteiger charge is 1.87. The lowest BCUT2D eigenvalue weighted by atomic mass is 10.3. The zero-order valence-corrected chi connectivity index (χ0v) is 7.29. The quantitative estimate of drug-likeness (QED) is 0.470. The Labute approximate surface area is 62.3 Å². The van der Waals surface area contributed by atoms with Crippen molar-refractivity contribution < 1.29 is 0 Å². The van der Waals surface area contributed by atoms with Crippen molar-refractivity contribution in [2.75, 3.05) is 20.6 Å². The SMILES string of the molecule is CCCCNSN(C)C. The van der Waals surface area contributed by atoms with Gasteiger partial charge in [0.05, 0.1) is 0 Å². The Bertz CT molecular complexity index is 57.0. The molecule has 0 aromatic heterocycles. The van der Waals surface area contributed by atoms with Crippen molar-refractivity contribution in [1.82, 2.24) is 9.03 Å². The summed E-state index contributed by atoms with van der Waals surface area (Å²) < 4.78 is 5.28. The molecular formula is C6H16N2S. The molecule has 0 aliphatic carbocycles. The summed E-state index contributed by atoms with van der Waals surface area (Å²) in [5.74, 6) is 0. The van der Waals surface area contributed by atoms with Crippen LogP contribution in [0, 0.1) is 0 Å². The molecule has 1 N–H and O–H groups in total. The lowest BCUT2D eigenvalue weighted by Gasteiger charge is -2.07. The fourth-order valence-electron chi connectivity index (χ4n) is 0.424. The molecule has 0 fully saturated rings. The van der Waals surface area contributed by atoms with Crippen molar-refractivity contribution >= 4 is 12.1 Å². The summed E-state index contributed by atoms with van der Waals surface area (Å²) in [7, 11) is 4.06. The molecule has 0 rings (SSSR count). The summed E-state index contributed by atoms with van der Waals surface area (Å²) in [6, 6.07) is 0. The molecule has 0 amide bonds. The maximum Gasteiger partial charge on any atom is 0.00704 e. The number of hydrogen-bond donors (Lipinski definition) is 1. The average molecular weight is 148 g/mol. The lowest BCUT2D eigenvalue weighted by molar-refractivity contribution is 0.682. The third-order valence-corrected chi connectivity index (χ3v) is 1.58. The van der Waals surface area contributed by atoms with Crippen LogP contribution >= 0.6 is 12.1 Å². The minimum absolute atomic E-state index is 1.11. The van der Waals surface area contributed by atoms with Gasteiger partial charge in [0.2, 0.25) is 0 Å². The Balaban J connectivity index is 2.75. The van der Waals surface area contributed by atoms with E-state index >= 15 is 0 Å². The molecule has 56 valence electrons. The van der Waals surface area contributed by atoms with Gasteiger partial charge < -0.3 is 0 Å². The molecule has 0 aliphatic heterocycles. The molecule has 0 saturated carbocycles. The smallest absolute Gasteiger partial charge is 0.00704 e. The molecule has 0 bridgehead atoms. The van der Waals surface area contributed by atoms with E-state index in [4.69, 9.17) is 0 Å². The molecule has 0 saturated heterocycles. The number of nitrogens with zero attached hydrogens (tertiary/aromatic N) is 1. The monoisotopic (exact) mass is 148 g/mol. The van der Waals surface area contributed by atoms with Crippen LogP contribution in [0.4, 0.5) is 0 Å². The summed E-state index contributed by atoms with van der Waals surface area (Å²) >= 11 is 1.65. The van der Waals surface area contributed by atoms with Gasteiger partial charge in [-0.05, 0) is 20.5 Å². The molecule has 0 unspecified atom stereocenters. The summed E-state index contributed by atoms with van der Waals surface area (Å²) in [5.41, 5.74) is 0. The topological polar surface area (TPSA) is 15.3 Å². The average Bonchev–Trinajstić information content (AvgIpc) is 1.80. The van der Waals surface area contributed by atoms with E-state index in [-0.39, 0.29) is 0 Å². The van der Waals surface area contributed by atoms with Crippen LogP contribution in [0.25, 0.3) is 0 Å². The second-order valence-corrected chi connectivity index (χ2v) is 3.35. The molecule has 0 spiro atoms. The van der Waals surface area contributed by atoms with Crippen molar-refractivity contribution in [3.8, 4) is 0 Å². The first kappa shape index (κ1) is 9.27. The summed E-state index contributed by atoms with van der Waals surface area (Å²) in [4.78, 5) is 0. The zero-order chi connectivity index (χ0) is 7.11. The highest BCUT2D eigenvalue weighted by molar-refractivity contribution is 7.95. The first-order chi connectivity index (χ1) is 4.27. The summed E-state index contributed by atoms with van der Waals surface area (Å²) in [6.07, 6.45) is 2.53. The van der Waals surface area contributed by atoms with E-state index in [1.165, 1.54) is 12.8 Å². The van der Waals surface area contributed by atoms with Gasteiger partial charge in [-0.15, -0.1) is 0 Å². The Morgan fingerprint density at radius 3 is 2.56 bits per heavy atom. The summed E-state index contributed by atoms with van der Waals surface area (Å²) in [6.45, 7) is 3.31. The predicted molar refractivity (Wildman–Crippen MR) is 44.2 cm³/mol. The molecule has 0 aromatic rings. The summed E-state index contributed by atoms with van der Waals surface area (Å²) in [5, 5.41) is 0. The minimum Gasteiger partial charge on any atom is -0.251 e. The Kier molecular flexibility index (Phi) is 6.58.